The molecule has 7 nitrogen and oxygen atoms in total. The number of hydrogen-bond acceptors (Lipinski definition) is 5. The van der Waals surface area contributed by atoms with Gasteiger partial charge in [-0.15, -0.1) is 0 Å². The number of benzene rings is 2. The summed E-state index contributed by atoms with van der Waals surface area (Å²) in [5.74, 6) is -1.33. The van der Waals surface area contributed by atoms with E-state index in [-0.39, 0.29) is 10.5 Å². The first-order valence-corrected chi connectivity index (χ1v) is 8.52. The van der Waals surface area contributed by atoms with E-state index in [2.05, 4.69) is 5.32 Å². The fourth-order valence-corrected chi connectivity index (χ4v) is 2.41. The predicted molar refractivity (Wildman–Crippen MR) is 87.8 cm³/mol. The maximum Gasteiger partial charge on any atom is 0.338 e. The van der Waals surface area contributed by atoms with Gasteiger partial charge < -0.3 is 10.1 Å². The van der Waals surface area contributed by atoms with Crippen LogP contribution in [-0.2, 0) is 19.6 Å². The van der Waals surface area contributed by atoms with Gasteiger partial charge in [-0.1, -0.05) is 24.3 Å². The summed E-state index contributed by atoms with van der Waals surface area (Å²) in [4.78, 5) is 23.8. The average molecular weight is 348 g/mol. The fraction of sp³-hybridized carbons (Fsp3) is 0.125. The van der Waals surface area contributed by atoms with E-state index in [1.807, 2.05) is 0 Å². The number of amides is 1. The van der Waals surface area contributed by atoms with Gasteiger partial charge in [-0.05, 0) is 37.3 Å². The van der Waals surface area contributed by atoms with Crippen LogP contribution in [0.25, 0.3) is 0 Å². The zero-order valence-electron chi connectivity index (χ0n) is 12.8. The van der Waals surface area contributed by atoms with Crippen LogP contribution in [0, 0.1) is 0 Å². The van der Waals surface area contributed by atoms with Crippen molar-refractivity contribution in [3.05, 3.63) is 60.2 Å². The van der Waals surface area contributed by atoms with Crippen molar-refractivity contribution in [2.45, 2.75) is 17.9 Å². The van der Waals surface area contributed by atoms with Crippen LogP contribution in [0.1, 0.15) is 17.3 Å². The Morgan fingerprint density at radius 3 is 2.38 bits per heavy atom. The molecule has 8 heteroatoms. The van der Waals surface area contributed by atoms with E-state index < -0.39 is 28.0 Å². The van der Waals surface area contributed by atoms with E-state index in [4.69, 9.17) is 9.88 Å². The van der Waals surface area contributed by atoms with E-state index >= 15 is 0 Å². The van der Waals surface area contributed by atoms with Crippen LogP contribution in [0.4, 0.5) is 5.69 Å². The summed E-state index contributed by atoms with van der Waals surface area (Å²) in [5, 5.41) is 7.62. The lowest BCUT2D eigenvalue weighted by Gasteiger charge is -2.13. The van der Waals surface area contributed by atoms with Crippen molar-refractivity contribution in [2.24, 2.45) is 5.14 Å². The summed E-state index contributed by atoms with van der Waals surface area (Å²) in [6, 6.07) is 13.8. The van der Waals surface area contributed by atoms with Gasteiger partial charge in [0.1, 0.15) is 0 Å². The number of ether oxygens (including phenoxy) is 1. The highest BCUT2D eigenvalue weighted by atomic mass is 32.2. The second-order valence-electron chi connectivity index (χ2n) is 4.98. The first-order chi connectivity index (χ1) is 11.3. The zero-order valence-corrected chi connectivity index (χ0v) is 13.6. The molecule has 0 radical (unpaired) electrons. The largest absolute Gasteiger partial charge is 0.449 e. The van der Waals surface area contributed by atoms with Gasteiger partial charge in [0.05, 0.1) is 10.5 Å². The number of hydrogen-bond donors (Lipinski definition) is 2. The minimum atomic E-state index is -3.93. The summed E-state index contributed by atoms with van der Waals surface area (Å²) in [6.45, 7) is 1.42. The van der Waals surface area contributed by atoms with E-state index in [9.17, 15) is 18.0 Å². The lowest BCUT2D eigenvalue weighted by atomic mass is 10.2. The van der Waals surface area contributed by atoms with Crippen molar-refractivity contribution in [1.29, 1.82) is 0 Å². The number of primary sulfonamides is 1. The van der Waals surface area contributed by atoms with Crippen molar-refractivity contribution in [1.82, 2.24) is 0 Å². The standard InChI is InChI=1S/C16H16N2O5S/c1-11(15(19)18-13-7-3-2-4-8-13)23-16(20)12-6-5-9-14(10-12)24(17,21)22/h2-11H,1H3,(H,18,19)(H2,17,21,22)/t11-/m1/s1. The third kappa shape index (κ3) is 4.64. The molecule has 2 aromatic rings. The fourth-order valence-electron chi connectivity index (χ4n) is 1.85. The number of para-hydroxylation sites is 1. The lowest BCUT2D eigenvalue weighted by molar-refractivity contribution is -0.123. The Balaban J connectivity index is 2.05. The van der Waals surface area contributed by atoms with E-state index in [1.54, 1.807) is 30.3 Å². The molecule has 0 aliphatic heterocycles. The predicted octanol–water partition coefficient (Wildman–Crippen LogP) is 1.52. The van der Waals surface area contributed by atoms with Crippen molar-refractivity contribution in [3.8, 4) is 0 Å². The van der Waals surface area contributed by atoms with Gasteiger partial charge in [-0.25, -0.2) is 18.4 Å². The third-order valence-electron chi connectivity index (χ3n) is 3.09. The molecule has 0 aliphatic rings. The molecule has 2 aromatic carbocycles. The number of carbonyl (C=O) groups excluding carboxylic acids is 2. The Labute approximate surface area is 139 Å². The molecule has 0 bridgehead atoms. The van der Waals surface area contributed by atoms with Crippen LogP contribution in [0.3, 0.4) is 0 Å². The molecule has 2 rings (SSSR count). The summed E-state index contributed by atoms with van der Waals surface area (Å²) >= 11 is 0. The summed E-state index contributed by atoms with van der Waals surface area (Å²) in [6.07, 6.45) is -1.06. The van der Waals surface area contributed by atoms with Crippen LogP contribution >= 0.6 is 0 Å². The van der Waals surface area contributed by atoms with Gasteiger partial charge in [-0.2, -0.15) is 0 Å². The van der Waals surface area contributed by atoms with Gasteiger partial charge >= 0.3 is 5.97 Å². The Bertz CT molecular complexity index is 850. The number of nitrogens with one attached hydrogen (secondary N) is 1. The van der Waals surface area contributed by atoms with Crippen LogP contribution in [0.15, 0.2) is 59.5 Å². The van der Waals surface area contributed by atoms with Gasteiger partial charge in [0.25, 0.3) is 5.91 Å². The lowest BCUT2D eigenvalue weighted by Crippen LogP contribution is -2.30. The molecule has 0 fully saturated rings. The van der Waals surface area contributed by atoms with Crippen LogP contribution in [0.2, 0.25) is 0 Å². The van der Waals surface area contributed by atoms with Crippen molar-refractivity contribution in [2.75, 3.05) is 5.32 Å². The molecular weight excluding hydrogens is 332 g/mol. The smallest absolute Gasteiger partial charge is 0.338 e. The first-order valence-electron chi connectivity index (χ1n) is 6.97. The molecule has 0 saturated carbocycles. The van der Waals surface area contributed by atoms with Gasteiger partial charge in [0.15, 0.2) is 6.10 Å². The maximum atomic E-state index is 12.1. The van der Waals surface area contributed by atoms with E-state index in [0.717, 1.165) is 6.07 Å². The Hall–Kier alpha value is -2.71. The highest BCUT2D eigenvalue weighted by molar-refractivity contribution is 7.89. The number of nitrogens with two attached hydrogens (primary N) is 1. The average Bonchev–Trinajstić information content (AvgIpc) is 2.55. The third-order valence-corrected chi connectivity index (χ3v) is 4.00. The summed E-state index contributed by atoms with van der Waals surface area (Å²) in [7, 11) is -3.93. The Morgan fingerprint density at radius 2 is 1.75 bits per heavy atom. The van der Waals surface area contributed by atoms with Gasteiger partial charge in [0.2, 0.25) is 10.0 Å². The number of esters is 1. The second kappa shape index (κ2) is 7.24. The summed E-state index contributed by atoms with van der Waals surface area (Å²) in [5.41, 5.74) is 0.558. The molecule has 0 aromatic heterocycles. The minimum Gasteiger partial charge on any atom is -0.449 e. The first kappa shape index (κ1) is 17.6. The number of rotatable bonds is 5. The van der Waals surface area contributed by atoms with Crippen molar-refractivity contribution >= 4 is 27.6 Å². The Kier molecular flexibility index (Phi) is 5.32. The van der Waals surface area contributed by atoms with Gasteiger partial charge in [0, 0.05) is 5.69 Å². The molecule has 0 unspecified atom stereocenters. The van der Waals surface area contributed by atoms with E-state index in [1.165, 1.54) is 25.1 Å². The highest BCUT2D eigenvalue weighted by Gasteiger charge is 2.20. The normalized spacial score (nSPS) is 12.2. The van der Waals surface area contributed by atoms with Crippen molar-refractivity contribution < 1.29 is 22.7 Å². The molecule has 0 saturated heterocycles. The molecule has 0 aliphatic carbocycles. The number of anilines is 1. The quantitative estimate of drug-likeness (QED) is 0.795. The van der Waals surface area contributed by atoms with Crippen LogP contribution in [-0.4, -0.2) is 26.4 Å². The monoisotopic (exact) mass is 348 g/mol. The second-order valence-corrected chi connectivity index (χ2v) is 6.54. The van der Waals surface area contributed by atoms with Gasteiger partial charge in [-0.3, -0.25) is 4.79 Å². The topological polar surface area (TPSA) is 116 Å². The highest BCUT2D eigenvalue weighted by Crippen LogP contribution is 2.12. The molecule has 1 atom stereocenters. The van der Waals surface area contributed by atoms with Crippen LogP contribution < -0.4 is 10.5 Å². The molecule has 0 spiro atoms. The molecular formula is C16H16N2O5S. The summed E-state index contributed by atoms with van der Waals surface area (Å²) < 4.78 is 27.7. The minimum absolute atomic E-state index is 0.0131. The van der Waals surface area contributed by atoms with Crippen molar-refractivity contribution in [3.63, 3.8) is 0 Å². The molecule has 0 heterocycles. The Morgan fingerprint density at radius 1 is 1.08 bits per heavy atom. The molecule has 24 heavy (non-hydrogen) atoms. The molecule has 3 N–H and O–H groups in total. The number of sulfonamides is 1. The maximum absolute atomic E-state index is 12.1. The SMILES string of the molecule is C[C@@H](OC(=O)c1cccc(S(N)(=O)=O)c1)C(=O)Nc1ccccc1. The van der Waals surface area contributed by atoms with E-state index in [0.29, 0.717) is 5.69 Å². The van der Waals surface area contributed by atoms with Crippen LogP contribution in [0.5, 0.6) is 0 Å². The zero-order chi connectivity index (χ0) is 17.7. The molecule has 1 amide bonds. The molecule has 126 valence electrons. The number of carbonyl (C=O) groups is 2.